The Morgan fingerprint density at radius 3 is 2.92 bits per heavy atom. The van der Waals surface area contributed by atoms with Gasteiger partial charge >= 0.3 is 0 Å². The number of halogens is 2. The number of H-pyrrole nitrogens is 1. The van der Waals surface area contributed by atoms with Crippen molar-refractivity contribution >= 4 is 29.2 Å². The number of hydrogen-bond donors (Lipinski definition) is 3. The van der Waals surface area contributed by atoms with E-state index in [1.807, 2.05) is 6.20 Å². The van der Waals surface area contributed by atoms with E-state index < -0.39 is 6.04 Å². The summed E-state index contributed by atoms with van der Waals surface area (Å²) >= 11 is 0. The van der Waals surface area contributed by atoms with Gasteiger partial charge in [0.05, 0.1) is 6.04 Å². The van der Waals surface area contributed by atoms with Gasteiger partial charge in [-0.3, -0.25) is 4.79 Å². The van der Waals surface area contributed by atoms with Gasteiger partial charge in [0, 0.05) is 36.9 Å². The standard InChI is InChI=1S/C17H22FN3O2.ClH/c18-13-1-2-14-12(10-21-15(14)9-13)3-6-20-17(22)16(19)11-4-7-23-8-5-11;/h1-2,9-11,16,21H,3-8,19H2,(H,20,22);1H. The van der Waals surface area contributed by atoms with Gasteiger partial charge in [0.2, 0.25) is 5.91 Å². The fraction of sp³-hybridized carbons (Fsp3) is 0.471. The number of aromatic amines is 1. The third-order valence-corrected chi connectivity index (χ3v) is 4.50. The summed E-state index contributed by atoms with van der Waals surface area (Å²) in [5.41, 5.74) is 7.87. The molecule has 132 valence electrons. The molecule has 1 saturated heterocycles. The van der Waals surface area contributed by atoms with Crippen LogP contribution in [0.2, 0.25) is 0 Å². The van der Waals surface area contributed by atoms with Crippen LogP contribution in [0.3, 0.4) is 0 Å². The zero-order valence-electron chi connectivity index (χ0n) is 13.4. The van der Waals surface area contributed by atoms with Gasteiger partial charge in [0.1, 0.15) is 5.82 Å². The van der Waals surface area contributed by atoms with Crippen LogP contribution in [0.15, 0.2) is 24.4 Å². The van der Waals surface area contributed by atoms with Crippen molar-refractivity contribution in [3.8, 4) is 0 Å². The highest BCUT2D eigenvalue weighted by molar-refractivity contribution is 5.85. The van der Waals surface area contributed by atoms with Crippen LogP contribution in [0.1, 0.15) is 18.4 Å². The lowest BCUT2D eigenvalue weighted by Gasteiger charge is -2.26. The Labute approximate surface area is 146 Å². The minimum atomic E-state index is -0.476. The largest absolute Gasteiger partial charge is 0.381 e. The number of nitrogens with one attached hydrogen (secondary N) is 2. The second kappa shape index (κ2) is 8.46. The molecule has 1 amide bonds. The van der Waals surface area contributed by atoms with E-state index in [9.17, 15) is 9.18 Å². The molecule has 4 N–H and O–H groups in total. The lowest BCUT2D eigenvalue weighted by atomic mass is 9.92. The summed E-state index contributed by atoms with van der Waals surface area (Å²) in [6.07, 6.45) is 4.21. The number of benzene rings is 1. The van der Waals surface area contributed by atoms with Gasteiger partial charge < -0.3 is 20.8 Å². The highest BCUT2D eigenvalue weighted by atomic mass is 35.5. The number of carbonyl (C=O) groups excluding carboxylic acids is 1. The summed E-state index contributed by atoms with van der Waals surface area (Å²) in [7, 11) is 0. The maximum Gasteiger partial charge on any atom is 0.237 e. The van der Waals surface area contributed by atoms with Crippen molar-refractivity contribution in [1.29, 1.82) is 0 Å². The Kier molecular flexibility index (Phi) is 6.60. The first kappa shape index (κ1) is 18.7. The lowest BCUT2D eigenvalue weighted by molar-refractivity contribution is -0.124. The molecule has 24 heavy (non-hydrogen) atoms. The first-order valence-corrected chi connectivity index (χ1v) is 8.01. The summed E-state index contributed by atoms with van der Waals surface area (Å²) in [6, 6.07) is 4.19. The normalized spacial score (nSPS) is 16.6. The molecule has 0 saturated carbocycles. The molecule has 1 aromatic heterocycles. The molecule has 1 atom stereocenters. The Bertz CT molecular complexity index is 686. The fourth-order valence-corrected chi connectivity index (χ4v) is 3.09. The predicted molar refractivity (Wildman–Crippen MR) is 93.7 cm³/mol. The van der Waals surface area contributed by atoms with Crippen LogP contribution in [0.5, 0.6) is 0 Å². The van der Waals surface area contributed by atoms with Crippen LogP contribution in [0.4, 0.5) is 4.39 Å². The molecule has 0 radical (unpaired) electrons. The molecular weight excluding hydrogens is 333 g/mol. The first-order chi connectivity index (χ1) is 11.1. The molecule has 0 bridgehead atoms. The van der Waals surface area contributed by atoms with Crippen LogP contribution in [0, 0.1) is 11.7 Å². The Morgan fingerprint density at radius 1 is 1.42 bits per heavy atom. The highest BCUT2D eigenvalue weighted by Gasteiger charge is 2.26. The Morgan fingerprint density at radius 2 is 2.17 bits per heavy atom. The summed E-state index contributed by atoms with van der Waals surface area (Å²) < 4.78 is 18.5. The third kappa shape index (κ3) is 4.26. The fourth-order valence-electron chi connectivity index (χ4n) is 3.09. The lowest BCUT2D eigenvalue weighted by Crippen LogP contribution is -2.47. The number of carbonyl (C=O) groups is 1. The van der Waals surface area contributed by atoms with Crippen LogP contribution in [0.25, 0.3) is 10.9 Å². The van der Waals surface area contributed by atoms with Crippen LogP contribution in [-0.2, 0) is 16.0 Å². The highest BCUT2D eigenvalue weighted by Crippen LogP contribution is 2.20. The predicted octanol–water partition coefficient (Wildman–Crippen LogP) is 2.14. The van der Waals surface area contributed by atoms with Crippen molar-refractivity contribution in [2.24, 2.45) is 11.7 Å². The van der Waals surface area contributed by atoms with E-state index in [1.54, 1.807) is 6.07 Å². The molecule has 1 aliphatic heterocycles. The SMILES string of the molecule is Cl.NC(C(=O)NCCc1c[nH]c2cc(F)ccc12)C1CCOCC1. The first-order valence-electron chi connectivity index (χ1n) is 8.01. The van der Waals surface area contributed by atoms with Crippen LogP contribution >= 0.6 is 12.4 Å². The summed E-state index contributed by atoms with van der Waals surface area (Å²) in [5.74, 6) is -0.177. The van der Waals surface area contributed by atoms with E-state index in [2.05, 4.69) is 10.3 Å². The molecule has 0 aliphatic carbocycles. The molecule has 5 nitrogen and oxygen atoms in total. The Balaban J connectivity index is 0.00000208. The smallest absolute Gasteiger partial charge is 0.237 e. The van der Waals surface area contributed by atoms with E-state index >= 15 is 0 Å². The van der Waals surface area contributed by atoms with Crippen molar-refractivity contribution in [2.75, 3.05) is 19.8 Å². The number of hydrogen-bond acceptors (Lipinski definition) is 3. The van der Waals surface area contributed by atoms with E-state index in [-0.39, 0.29) is 30.0 Å². The van der Waals surface area contributed by atoms with Crippen molar-refractivity contribution in [2.45, 2.75) is 25.3 Å². The molecule has 0 spiro atoms. The monoisotopic (exact) mass is 355 g/mol. The molecule has 3 rings (SSSR count). The van der Waals surface area contributed by atoms with Gasteiger partial charge in [-0.05, 0) is 48.9 Å². The van der Waals surface area contributed by atoms with Gasteiger partial charge in [-0.15, -0.1) is 12.4 Å². The maximum absolute atomic E-state index is 13.2. The van der Waals surface area contributed by atoms with E-state index in [1.165, 1.54) is 12.1 Å². The number of aromatic nitrogens is 1. The number of amides is 1. The number of fused-ring (bicyclic) bond motifs is 1. The summed E-state index contributed by atoms with van der Waals surface area (Å²) in [5, 5.41) is 3.88. The zero-order chi connectivity index (χ0) is 16.2. The molecule has 1 unspecified atom stereocenters. The van der Waals surface area contributed by atoms with Crippen molar-refractivity contribution in [1.82, 2.24) is 10.3 Å². The molecule has 1 aromatic carbocycles. The number of rotatable bonds is 5. The second-order valence-corrected chi connectivity index (χ2v) is 6.02. The molecule has 7 heteroatoms. The summed E-state index contributed by atoms with van der Waals surface area (Å²) in [6.45, 7) is 1.87. The number of nitrogens with two attached hydrogens (primary N) is 1. The molecule has 2 heterocycles. The number of ether oxygens (including phenoxy) is 1. The van der Waals surface area contributed by atoms with Crippen LogP contribution in [-0.4, -0.2) is 36.7 Å². The van der Waals surface area contributed by atoms with E-state index in [0.29, 0.717) is 26.2 Å². The topological polar surface area (TPSA) is 80.1 Å². The molecule has 1 fully saturated rings. The van der Waals surface area contributed by atoms with Crippen LogP contribution < -0.4 is 11.1 Å². The van der Waals surface area contributed by atoms with Crippen molar-refractivity contribution in [3.05, 3.63) is 35.8 Å². The third-order valence-electron chi connectivity index (χ3n) is 4.50. The van der Waals surface area contributed by atoms with Gasteiger partial charge in [-0.2, -0.15) is 0 Å². The van der Waals surface area contributed by atoms with E-state index in [4.69, 9.17) is 10.5 Å². The quantitative estimate of drug-likeness (QED) is 0.768. The van der Waals surface area contributed by atoms with Crippen molar-refractivity contribution < 1.29 is 13.9 Å². The van der Waals surface area contributed by atoms with Gasteiger partial charge in [0.15, 0.2) is 0 Å². The van der Waals surface area contributed by atoms with Crippen molar-refractivity contribution in [3.63, 3.8) is 0 Å². The average Bonchev–Trinajstić information content (AvgIpc) is 2.97. The van der Waals surface area contributed by atoms with Gasteiger partial charge in [0.25, 0.3) is 0 Å². The minimum absolute atomic E-state index is 0. The minimum Gasteiger partial charge on any atom is -0.381 e. The van der Waals surface area contributed by atoms with Gasteiger partial charge in [-0.1, -0.05) is 0 Å². The molecule has 2 aromatic rings. The molecular formula is C17H23ClFN3O2. The second-order valence-electron chi connectivity index (χ2n) is 6.02. The van der Waals surface area contributed by atoms with E-state index in [0.717, 1.165) is 29.3 Å². The summed E-state index contributed by atoms with van der Waals surface area (Å²) in [4.78, 5) is 15.2. The molecule has 1 aliphatic rings. The Hall–Kier alpha value is -1.63. The maximum atomic E-state index is 13.2. The average molecular weight is 356 g/mol. The zero-order valence-corrected chi connectivity index (χ0v) is 14.2. The van der Waals surface area contributed by atoms with Gasteiger partial charge in [-0.25, -0.2) is 4.39 Å².